The minimum atomic E-state index is -2.45. The third-order valence-electron chi connectivity index (χ3n) is 2.12. The van der Waals surface area contributed by atoms with Gasteiger partial charge in [0.05, 0.1) is 0 Å². The van der Waals surface area contributed by atoms with E-state index in [0.29, 0.717) is 15.0 Å². The summed E-state index contributed by atoms with van der Waals surface area (Å²) in [5.74, 6) is 0.111. The van der Waals surface area contributed by atoms with E-state index < -0.39 is 6.43 Å². The zero-order chi connectivity index (χ0) is 10.3. The number of hydrogen-bond acceptors (Lipinski definition) is 2. The quantitative estimate of drug-likeness (QED) is 0.764. The van der Waals surface area contributed by atoms with Gasteiger partial charge < -0.3 is 5.11 Å². The molecule has 0 aliphatic rings. The van der Waals surface area contributed by atoms with Gasteiger partial charge in [0.2, 0.25) is 0 Å². The van der Waals surface area contributed by atoms with Crippen molar-refractivity contribution in [3.63, 3.8) is 0 Å². The Morgan fingerprint density at radius 1 is 1.36 bits per heavy atom. The third kappa shape index (κ3) is 1.35. The standard InChI is InChI=1S/C10H8F2OS/c1-5-9(10(11)12)7-3-2-6(13)4-8(7)14-5/h2-4,10,13H,1H3. The van der Waals surface area contributed by atoms with E-state index in [1.165, 1.54) is 29.5 Å². The van der Waals surface area contributed by atoms with Gasteiger partial charge in [-0.2, -0.15) is 0 Å². The summed E-state index contributed by atoms with van der Waals surface area (Å²) in [7, 11) is 0. The number of halogens is 2. The molecule has 14 heavy (non-hydrogen) atoms. The monoisotopic (exact) mass is 214 g/mol. The Balaban J connectivity index is 2.77. The van der Waals surface area contributed by atoms with Gasteiger partial charge in [0.1, 0.15) is 5.75 Å². The lowest BCUT2D eigenvalue weighted by atomic mass is 10.1. The Morgan fingerprint density at radius 3 is 2.71 bits per heavy atom. The maximum atomic E-state index is 12.6. The molecule has 4 heteroatoms. The second kappa shape index (κ2) is 3.20. The van der Waals surface area contributed by atoms with Crippen molar-refractivity contribution in [2.75, 3.05) is 0 Å². The van der Waals surface area contributed by atoms with Crippen LogP contribution in [0.3, 0.4) is 0 Å². The van der Waals surface area contributed by atoms with Crippen molar-refractivity contribution in [1.29, 1.82) is 0 Å². The highest BCUT2D eigenvalue weighted by Crippen LogP contribution is 2.38. The van der Waals surface area contributed by atoms with Gasteiger partial charge in [-0.25, -0.2) is 8.78 Å². The summed E-state index contributed by atoms with van der Waals surface area (Å²) in [6.45, 7) is 1.67. The summed E-state index contributed by atoms with van der Waals surface area (Å²) in [6, 6.07) is 4.48. The molecule has 2 rings (SSSR count). The second-order valence-corrected chi connectivity index (χ2v) is 4.31. The lowest BCUT2D eigenvalue weighted by molar-refractivity contribution is 0.153. The van der Waals surface area contributed by atoms with Crippen molar-refractivity contribution in [1.82, 2.24) is 0 Å². The normalized spacial score (nSPS) is 11.4. The summed E-state index contributed by atoms with van der Waals surface area (Å²) in [5.41, 5.74) is 0.0880. The first-order chi connectivity index (χ1) is 6.59. The Morgan fingerprint density at radius 2 is 2.07 bits per heavy atom. The number of phenols is 1. The zero-order valence-corrected chi connectivity index (χ0v) is 8.24. The molecule has 0 saturated heterocycles. The van der Waals surface area contributed by atoms with Crippen LogP contribution >= 0.6 is 11.3 Å². The maximum Gasteiger partial charge on any atom is 0.265 e. The smallest absolute Gasteiger partial charge is 0.265 e. The van der Waals surface area contributed by atoms with E-state index in [9.17, 15) is 13.9 Å². The van der Waals surface area contributed by atoms with Gasteiger partial charge in [-0.3, -0.25) is 0 Å². The van der Waals surface area contributed by atoms with Gasteiger partial charge in [0, 0.05) is 20.5 Å². The summed E-state index contributed by atoms with van der Waals surface area (Å²) >= 11 is 1.28. The van der Waals surface area contributed by atoms with Crippen LogP contribution in [0, 0.1) is 6.92 Å². The topological polar surface area (TPSA) is 20.2 Å². The molecular weight excluding hydrogens is 206 g/mol. The maximum absolute atomic E-state index is 12.6. The van der Waals surface area contributed by atoms with Crippen molar-refractivity contribution < 1.29 is 13.9 Å². The fourth-order valence-corrected chi connectivity index (χ4v) is 2.61. The molecule has 1 heterocycles. The fourth-order valence-electron chi connectivity index (χ4n) is 1.50. The zero-order valence-electron chi connectivity index (χ0n) is 7.42. The Bertz CT molecular complexity index is 476. The van der Waals surface area contributed by atoms with Crippen LogP contribution in [0.1, 0.15) is 16.9 Å². The summed E-state index contributed by atoms with van der Waals surface area (Å²) in [4.78, 5) is 0.612. The van der Waals surface area contributed by atoms with Gasteiger partial charge in [-0.15, -0.1) is 11.3 Å². The van der Waals surface area contributed by atoms with E-state index in [1.54, 1.807) is 6.92 Å². The molecule has 1 aromatic carbocycles. The molecule has 74 valence electrons. The number of fused-ring (bicyclic) bond motifs is 1. The number of thiophene rings is 1. The van der Waals surface area contributed by atoms with Crippen molar-refractivity contribution in [3.8, 4) is 5.75 Å². The van der Waals surface area contributed by atoms with Crippen molar-refractivity contribution in [2.45, 2.75) is 13.3 Å². The SMILES string of the molecule is Cc1sc2cc(O)ccc2c1C(F)F. The number of rotatable bonds is 1. The van der Waals surface area contributed by atoms with Crippen LogP contribution in [0.15, 0.2) is 18.2 Å². The first-order valence-electron chi connectivity index (χ1n) is 4.09. The molecule has 1 nitrogen and oxygen atoms in total. The number of aryl methyl sites for hydroxylation is 1. The van der Waals surface area contributed by atoms with E-state index in [2.05, 4.69) is 0 Å². The molecule has 0 aliphatic carbocycles. The summed E-state index contributed by atoms with van der Waals surface area (Å²) in [6.07, 6.45) is -2.45. The molecule has 0 fully saturated rings. The predicted molar refractivity (Wildman–Crippen MR) is 53.2 cm³/mol. The Kier molecular flexibility index (Phi) is 2.15. The Hall–Kier alpha value is -1.16. The van der Waals surface area contributed by atoms with Gasteiger partial charge >= 0.3 is 0 Å². The van der Waals surface area contributed by atoms with Crippen LogP contribution < -0.4 is 0 Å². The largest absolute Gasteiger partial charge is 0.508 e. The molecule has 1 aromatic heterocycles. The Labute approximate surface area is 83.6 Å². The number of hydrogen-bond donors (Lipinski definition) is 1. The molecule has 0 aliphatic heterocycles. The molecule has 0 saturated carbocycles. The minimum absolute atomic E-state index is 0.0880. The molecule has 1 N–H and O–H groups in total. The number of benzene rings is 1. The van der Waals surface area contributed by atoms with Gasteiger partial charge in [0.25, 0.3) is 6.43 Å². The average molecular weight is 214 g/mol. The van der Waals surface area contributed by atoms with Crippen LogP contribution in [-0.2, 0) is 0 Å². The molecule has 0 radical (unpaired) electrons. The molecule has 0 bridgehead atoms. The predicted octanol–water partition coefficient (Wildman–Crippen LogP) is 3.85. The molecule has 0 atom stereocenters. The lowest BCUT2D eigenvalue weighted by Crippen LogP contribution is -1.83. The highest BCUT2D eigenvalue weighted by molar-refractivity contribution is 7.19. The average Bonchev–Trinajstić information content (AvgIpc) is 2.39. The van der Waals surface area contributed by atoms with Crippen LogP contribution in [0.4, 0.5) is 8.78 Å². The number of alkyl halides is 2. The lowest BCUT2D eigenvalue weighted by Gasteiger charge is -1.98. The molecule has 0 spiro atoms. The van der Waals surface area contributed by atoms with E-state index >= 15 is 0 Å². The summed E-state index contributed by atoms with van der Waals surface area (Å²) < 4.78 is 26.0. The fraction of sp³-hybridized carbons (Fsp3) is 0.200. The van der Waals surface area contributed by atoms with Crippen molar-refractivity contribution in [3.05, 3.63) is 28.6 Å². The summed E-state index contributed by atoms with van der Waals surface area (Å²) in [5, 5.41) is 9.73. The van der Waals surface area contributed by atoms with E-state index in [-0.39, 0.29) is 11.3 Å². The molecular formula is C10H8F2OS. The number of phenolic OH excluding ortho intramolecular Hbond substituents is 1. The molecule has 2 aromatic rings. The van der Waals surface area contributed by atoms with Gasteiger partial charge in [0.15, 0.2) is 0 Å². The van der Waals surface area contributed by atoms with Crippen LogP contribution in [0.2, 0.25) is 0 Å². The van der Waals surface area contributed by atoms with E-state index in [4.69, 9.17) is 0 Å². The highest BCUT2D eigenvalue weighted by atomic mass is 32.1. The minimum Gasteiger partial charge on any atom is -0.508 e. The highest BCUT2D eigenvalue weighted by Gasteiger charge is 2.17. The third-order valence-corrected chi connectivity index (χ3v) is 3.20. The van der Waals surface area contributed by atoms with Gasteiger partial charge in [-0.1, -0.05) is 0 Å². The number of aromatic hydroxyl groups is 1. The van der Waals surface area contributed by atoms with E-state index in [0.717, 1.165) is 0 Å². The second-order valence-electron chi connectivity index (χ2n) is 3.05. The van der Waals surface area contributed by atoms with Crippen LogP contribution in [0.25, 0.3) is 10.1 Å². The van der Waals surface area contributed by atoms with Gasteiger partial charge in [-0.05, 0) is 25.1 Å². The first kappa shape index (κ1) is 9.40. The first-order valence-corrected chi connectivity index (χ1v) is 4.91. The molecule has 0 amide bonds. The van der Waals surface area contributed by atoms with Crippen LogP contribution in [0.5, 0.6) is 5.75 Å². The molecule has 0 unspecified atom stereocenters. The van der Waals surface area contributed by atoms with E-state index in [1.807, 2.05) is 0 Å². The van der Waals surface area contributed by atoms with Crippen molar-refractivity contribution in [2.24, 2.45) is 0 Å². The van der Waals surface area contributed by atoms with Crippen LogP contribution in [-0.4, -0.2) is 5.11 Å². The van der Waals surface area contributed by atoms with Crippen molar-refractivity contribution >= 4 is 21.4 Å².